The van der Waals surface area contributed by atoms with Gasteiger partial charge >= 0.3 is 0 Å². The van der Waals surface area contributed by atoms with Crippen molar-refractivity contribution in [3.8, 4) is 0 Å². The fourth-order valence-electron chi connectivity index (χ4n) is 2.02. The largest absolute Gasteiger partial charge is 0.368 e. The van der Waals surface area contributed by atoms with E-state index in [0.29, 0.717) is 5.95 Å². The molecule has 1 aromatic heterocycles. The Morgan fingerprint density at radius 2 is 2.43 bits per heavy atom. The molecule has 0 saturated carbocycles. The van der Waals surface area contributed by atoms with Gasteiger partial charge in [0.15, 0.2) is 5.82 Å². The number of aryl methyl sites for hydroxylation is 1. The van der Waals surface area contributed by atoms with Crippen LogP contribution in [0.5, 0.6) is 0 Å². The lowest BCUT2D eigenvalue weighted by Crippen LogP contribution is -2.29. The smallest absolute Gasteiger partial charge is 0.218 e. The first-order valence-corrected chi connectivity index (χ1v) is 5.06. The van der Waals surface area contributed by atoms with Crippen molar-refractivity contribution < 1.29 is 0 Å². The summed E-state index contributed by atoms with van der Waals surface area (Å²) in [7, 11) is 1.83. The van der Waals surface area contributed by atoms with E-state index >= 15 is 0 Å². The zero-order valence-electron chi connectivity index (χ0n) is 8.75. The van der Waals surface area contributed by atoms with Crippen molar-refractivity contribution in [2.75, 3.05) is 18.8 Å². The average molecular weight is 195 g/mol. The van der Waals surface area contributed by atoms with Gasteiger partial charge in [-0.3, -0.25) is 0 Å². The highest BCUT2D eigenvalue weighted by Gasteiger charge is 2.37. The maximum absolute atomic E-state index is 5.69. The van der Waals surface area contributed by atoms with Crippen LogP contribution in [0, 0.1) is 0 Å². The predicted molar refractivity (Wildman–Crippen MR) is 54.9 cm³/mol. The standard InChI is InChI=1S/C9H17N5/c1-3-9(4-5-11-6-9)7-12-8(10)14(2)13-7/h11H,3-6H2,1-2H3,(H2,10,12,13). The summed E-state index contributed by atoms with van der Waals surface area (Å²) in [6.45, 7) is 4.19. The van der Waals surface area contributed by atoms with Crippen molar-refractivity contribution in [2.24, 2.45) is 7.05 Å². The molecule has 1 aliphatic rings. The second-order valence-electron chi connectivity index (χ2n) is 3.98. The highest BCUT2D eigenvalue weighted by molar-refractivity contribution is 5.21. The molecule has 1 fully saturated rings. The van der Waals surface area contributed by atoms with E-state index in [-0.39, 0.29) is 5.41 Å². The highest BCUT2D eigenvalue weighted by Crippen LogP contribution is 2.31. The number of nitrogens with two attached hydrogens (primary N) is 1. The van der Waals surface area contributed by atoms with Gasteiger partial charge in [0.05, 0.1) is 0 Å². The molecule has 0 amide bonds. The number of nitrogen functional groups attached to an aromatic ring is 1. The molecular formula is C9H17N5. The van der Waals surface area contributed by atoms with Crippen LogP contribution >= 0.6 is 0 Å². The van der Waals surface area contributed by atoms with Crippen LogP contribution in [0.2, 0.25) is 0 Å². The molecule has 14 heavy (non-hydrogen) atoms. The second-order valence-corrected chi connectivity index (χ2v) is 3.98. The van der Waals surface area contributed by atoms with Crippen LogP contribution in [0.4, 0.5) is 5.95 Å². The summed E-state index contributed by atoms with van der Waals surface area (Å²) >= 11 is 0. The minimum Gasteiger partial charge on any atom is -0.368 e. The van der Waals surface area contributed by atoms with Crippen molar-refractivity contribution in [2.45, 2.75) is 25.2 Å². The Kier molecular flexibility index (Phi) is 2.19. The summed E-state index contributed by atoms with van der Waals surface area (Å²) < 4.78 is 1.64. The lowest BCUT2D eigenvalue weighted by atomic mass is 9.83. The number of anilines is 1. The molecule has 0 radical (unpaired) electrons. The van der Waals surface area contributed by atoms with Gasteiger partial charge in [-0.2, -0.15) is 10.1 Å². The van der Waals surface area contributed by atoms with Gasteiger partial charge in [-0.25, -0.2) is 4.68 Å². The molecule has 5 heteroatoms. The van der Waals surface area contributed by atoms with Gasteiger partial charge in [-0.1, -0.05) is 6.92 Å². The fourth-order valence-corrected chi connectivity index (χ4v) is 2.02. The van der Waals surface area contributed by atoms with Gasteiger partial charge in [0.25, 0.3) is 0 Å². The molecule has 0 aromatic carbocycles. The molecule has 0 bridgehead atoms. The first kappa shape index (κ1) is 9.45. The molecule has 5 nitrogen and oxygen atoms in total. The van der Waals surface area contributed by atoms with E-state index in [1.54, 1.807) is 4.68 Å². The molecule has 3 N–H and O–H groups in total. The molecule has 1 aliphatic heterocycles. The maximum Gasteiger partial charge on any atom is 0.218 e. The zero-order chi connectivity index (χ0) is 10.2. The lowest BCUT2D eigenvalue weighted by Gasteiger charge is -2.22. The summed E-state index contributed by atoms with van der Waals surface area (Å²) in [5.74, 6) is 1.39. The van der Waals surface area contributed by atoms with Crippen LogP contribution in [-0.2, 0) is 12.5 Å². The molecule has 2 rings (SSSR count). The van der Waals surface area contributed by atoms with Crippen LogP contribution in [0.3, 0.4) is 0 Å². The van der Waals surface area contributed by atoms with Crippen LogP contribution in [0.1, 0.15) is 25.6 Å². The third kappa shape index (κ3) is 1.28. The van der Waals surface area contributed by atoms with Crippen molar-refractivity contribution in [3.63, 3.8) is 0 Å². The van der Waals surface area contributed by atoms with Crippen molar-refractivity contribution in [1.82, 2.24) is 20.1 Å². The summed E-state index contributed by atoms with van der Waals surface area (Å²) in [4.78, 5) is 4.32. The van der Waals surface area contributed by atoms with E-state index in [9.17, 15) is 0 Å². The summed E-state index contributed by atoms with van der Waals surface area (Å²) in [5.41, 5.74) is 5.80. The van der Waals surface area contributed by atoms with E-state index in [1.165, 1.54) is 0 Å². The zero-order valence-corrected chi connectivity index (χ0v) is 8.75. The summed E-state index contributed by atoms with van der Waals surface area (Å²) in [6.07, 6.45) is 2.16. The third-order valence-corrected chi connectivity index (χ3v) is 3.19. The Balaban J connectivity index is 2.36. The minimum absolute atomic E-state index is 0.107. The first-order valence-electron chi connectivity index (χ1n) is 5.06. The van der Waals surface area contributed by atoms with E-state index < -0.39 is 0 Å². The summed E-state index contributed by atoms with van der Waals surface area (Å²) in [6, 6.07) is 0. The Bertz CT molecular complexity index is 304. The molecule has 1 unspecified atom stereocenters. The van der Waals surface area contributed by atoms with Crippen LogP contribution in [-0.4, -0.2) is 27.9 Å². The molecule has 1 aromatic rings. The Morgan fingerprint density at radius 3 is 2.86 bits per heavy atom. The topological polar surface area (TPSA) is 68.8 Å². The molecule has 1 saturated heterocycles. The van der Waals surface area contributed by atoms with Crippen LogP contribution < -0.4 is 11.1 Å². The van der Waals surface area contributed by atoms with E-state index in [2.05, 4.69) is 22.3 Å². The molecule has 0 aliphatic carbocycles. The van der Waals surface area contributed by atoms with Crippen molar-refractivity contribution in [1.29, 1.82) is 0 Å². The Hall–Kier alpha value is -1.10. The van der Waals surface area contributed by atoms with Gasteiger partial charge in [0.2, 0.25) is 5.95 Å². The minimum atomic E-state index is 0.107. The number of nitrogens with one attached hydrogen (secondary N) is 1. The number of hydrogen-bond acceptors (Lipinski definition) is 4. The molecule has 78 valence electrons. The number of nitrogens with zero attached hydrogens (tertiary/aromatic N) is 3. The van der Waals surface area contributed by atoms with E-state index in [1.807, 2.05) is 7.05 Å². The van der Waals surface area contributed by atoms with E-state index in [4.69, 9.17) is 5.73 Å². The number of hydrogen-bond donors (Lipinski definition) is 2. The molecule has 2 heterocycles. The average Bonchev–Trinajstić information content (AvgIpc) is 2.75. The quantitative estimate of drug-likeness (QED) is 0.699. The first-order chi connectivity index (χ1) is 6.68. The monoisotopic (exact) mass is 195 g/mol. The van der Waals surface area contributed by atoms with Crippen molar-refractivity contribution in [3.05, 3.63) is 5.82 Å². The van der Waals surface area contributed by atoms with E-state index in [0.717, 1.165) is 31.8 Å². The normalized spacial score (nSPS) is 27.0. The second kappa shape index (κ2) is 3.24. The van der Waals surface area contributed by atoms with Gasteiger partial charge < -0.3 is 11.1 Å². The van der Waals surface area contributed by atoms with Crippen molar-refractivity contribution >= 4 is 5.95 Å². The summed E-state index contributed by atoms with van der Waals surface area (Å²) in [5, 5.41) is 7.74. The third-order valence-electron chi connectivity index (χ3n) is 3.19. The SMILES string of the molecule is CCC1(c2nc(N)n(C)n2)CCNC1. The number of rotatable bonds is 2. The number of aromatic nitrogens is 3. The maximum atomic E-state index is 5.69. The molecule has 0 spiro atoms. The lowest BCUT2D eigenvalue weighted by molar-refractivity contribution is 0.423. The predicted octanol–water partition coefficient (Wildman–Crippen LogP) is 0.0384. The Morgan fingerprint density at radius 1 is 1.64 bits per heavy atom. The molecular weight excluding hydrogens is 178 g/mol. The van der Waals surface area contributed by atoms with Gasteiger partial charge in [0.1, 0.15) is 0 Å². The van der Waals surface area contributed by atoms with Crippen LogP contribution in [0.15, 0.2) is 0 Å². The molecule has 1 atom stereocenters. The van der Waals surface area contributed by atoms with Gasteiger partial charge in [-0.05, 0) is 19.4 Å². The van der Waals surface area contributed by atoms with Gasteiger partial charge in [-0.15, -0.1) is 0 Å². The Labute approximate surface area is 83.7 Å². The van der Waals surface area contributed by atoms with Crippen LogP contribution in [0.25, 0.3) is 0 Å². The fraction of sp³-hybridized carbons (Fsp3) is 0.778. The highest BCUT2D eigenvalue weighted by atomic mass is 15.4. The van der Waals surface area contributed by atoms with Gasteiger partial charge in [0, 0.05) is 19.0 Å².